The summed E-state index contributed by atoms with van der Waals surface area (Å²) in [6.45, 7) is 0.726. The van der Waals surface area contributed by atoms with E-state index < -0.39 is 22.8 Å². The summed E-state index contributed by atoms with van der Waals surface area (Å²) in [4.78, 5) is 14.4. The van der Waals surface area contributed by atoms with Crippen molar-refractivity contribution in [1.29, 1.82) is 0 Å². The zero-order valence-corrected chi connectivity index (χ0v) is 16.0. The number of nitrogens with zero attached hydrogens (tertiary/aromatic N) is 1. The van der Waals surface area contributed by atoms with Gasteiger partial charge in [0, 0.05) is 49.7 Å². The zero-order chi connectivity index (χ0) is 20.5. The Bertz CT molecular complexity index is 889. The van der Waals surface area contributed by atoms with Crippen LogP contribution >= 0.6 is 11.6 Å². The van der Waals surface area contributed by atoms with Crippen molar-refractivity contribution in [2.75, 3.05) is 36.2 Å². The van der Waals surface area contributed by atoms with Gasteiger partial charge < -0.3 is 20.3 Å². The number of nitrogens with one attached hydrogen (secondary N) is 2. The summed E-state index contributed by atoms with van der Waals surface area (Å²) < 4.78 is 44.4. The topological polar surface area (TPSA) is 53.6 Å². The van der Waals surface area contributed by atoms with Gasteiger partial charge in [-0.3, -0.25) is 0 Å². The van der Waals surface area contributed by atoms with Gasteiger partial charge in [-0.25, -0.2) is 4.79 Å². The molecule has 0 spiro atoms. The normalized spacial score (nSPS) is 16.5. The zero-order valence-electron chi connectivity index (χ0n) is 15.2. The van der Waals surface area contributed by atoms with Gasteiger partial charge in [-0.2, -0.15) is 13.2 Å². The molecular formula is C19H19ClF3N3O2. The van der Waals surface area contributed by atoms with Gasteiger partial charge in [-0.1, -0.05) is 17.7 Å². The van der Waals surface area contributed by atoms with E-state index in [0.717, 1.165) is 29.9 Å². The number of methoxy groups -OCH3 is 1. The van der Waals surface area contributed by atoms with Crippen molar-refractivity contribution in [2.24, 2.45) is 0 Å². The number of carbonyl (C=O) groups is 1. The fourth-order valence-corrected chi connectivity index (χ4v) is 3.45. The maximum atomic E-state index is 13.0. The van der Waals surface area contributed by atoms with Gasteiger partial charge in [0.15, 0.2) is 0 Å². The van der Waals surface area contributed by atoms with E-state index in [1.54, 1.807) is 13.2 Å². The summed E-state index contributed by atoms with van der Waals surface area (Å²) in [7, 11) is 3.56. The molecule has 0 saturated carbocycles. The lowest BCUT2D eigenvalue weighted by Gasteiger charge is -2.33. The van der Waals surface area contributed by atoms with Gasteiger partial charge in [-0.05, 0) is 30.3 Å². The molecule has 1 heterocycles. The SMILES string of the molecule is COC1Cc2c(NC(=O)Nc3ccc(Cl)c(C(F)(F)F)c3)cccc2N(C)C1. The van der Waals surface area contributed by atoms with Crippen LogP contribution in [0.25, 0.3) is 0 Å². The van der Waals surface area contributed by atoms with E-state index in [0.29, 0.717) is 12.1 Å². The van der Waals surface area contributed by atoms with E-state index >= 15 is 0 Å². The van der Waals surface area contributed by atoms with Gasteiger partial charge in [0.05, 0.1) is 16.7 Å². The number of ether oxygens (including phenoxy) is 1. The lowest BCUT2D eigenvalue weighted by Crippen LogP contribution is -2.37. The van der Waals surface area contributed by atoms with Crippen molar-refractivity contribution in [3.8, 4) is 0 Å². The molecule has 2 amide bonds. The molecular weight excluding hydrogens is 395 g/mol. The smallest absolute Gasteiger partial charge is 0.379 e. The van der Waals surface area contributed by atoms with Crippen LogP contribution in [0.4, 0.5) is 35.0 Å². The molecule has 0 bridgehead atoms. The molecule has 0 fully saturated rings. The van der Waals surface area contributed by atoms with E-state index in [1.807, 2.05) is 24.1 Å². The van der Waals surface area contributed by atoms with Gasteiger partial charge in [-0.15, -0.1) is 0 Å². The third kappa shape index (κ3) is 4.34. The van der Waals surface area contributed by atoms with Crippen LogP contribution < -0.4 is 15.5 Å². The summed E-state index contributed by atoms with van der Waals surface area (Å²) in [6.07, 6.45) is -4.01. The number of benzene rings is 2. The Hall–Kier alpha value is -2.45. The fraction of sp³-hybridized carbons (Fsp3) is 0.316. The molecule has 1 unspecified atom stereocenters. The van der Waals surface area contributed by atoms with E-state index in [-0.39, 0.29) is 11.8 Å². The second kappa shape index (κ2) is 7.89. The summed E-state index contributed by atoms with van der Waals surface area (Å²) in [5.41, 5.74) is 1.44. The highest BCUT2D eigenvalue weighted by Gasteiger charge is 2.33. The fourth-order valence-electron chi connectivity index (χ4n) is 3.22. The number of hydrogen-bond donors (Lipinski definition) is 2. The largest absolute Gasteiger partial charge is 0.417 e. The van der Waals surface area contributed by atoms with Gasteiger partial charge >= 0.3 is 12.2 Å². The molecule has 0 radical (unpaired) electrons. The van der Waals surface area contributed by atoms with Gasteiger partial charge in [0.2, 0.25) is 0 Å². The lowest BCUT2D eigenvalue weighted by atomic mass is 9.98. The molecule has 0 aromatic heterocycles. The first-order chi connectivity index (χ1) is 13.2. The summed E-state index contributed by atoms with van der Waals surface area (Å²) in [5.74, 6) is 0. The van der Waals surface area contributed by atoms with Crippen LogP contribution in [-0.4, -0.2) is 32.8 Å². The minimum absolute atomic E-state index is 0.00842. The van der Waals surface area contributed by atoms with Crippen molar-refractivity contribution in [2.45, 2.75) is 18.7 Å². The number of fused-ring (bicyclic) bond motifs is 1. The van der Waals surface area contributed by atoms with Crippen LogP contribution in [0.2, 0.25) is 5.02 Å². The van der Waals surface area contributed by atoms with Crippen molar-refractivity contribution in [3.63, 3.8) is 0 Å². The Morgan fingerprint density at radius 3 is 2.68 bits per heavy atom. The number of urea groups is 1. The molecule has 0 aliphatic carbocycles. The minimum atomic E-state index is -4.61. The Labute approximate surface area is 165 Å². The van der Waals surface area contributed by atoms with Crippen molar-refractivity contribution in [3.05, 3.63) is 52.5 Å². The highest BCUT2D eigenvalue weighted by atomic mass is 35.5. The predicted octanol–water partition coefficient (Wildman–Crippen LogP) is 5.01. The predicted molar refractivity (Wildman–Crippen MR) is 103 cm³/mol. The number of hydrogen-bond acceptors (Lipinski definition) is 3. The molecule has 3 rings (SSSR count). The molecule has 1 atom stereocenters. The number of alkyl halides is 3. The second-order valence-corrected chi connectivity index (χ2v) is 6.92. The maximum Gasteiger partial charge on any atom is 0.417 e. The average molecular weight is 414 g/mol. The molecule has 0 saturated heterocycles. The molecule has 2 aromatic carbocycles. The summed E-state index contributed by atoms with van der Waals surface area (Å²) >= 11 is 5.60. The van der Waals surface area contributed by atoms with Crippen LogP contribution in [-0.2, 0) is 17.3 Å². The quantitative estimate of drug-likeness (QED) is 0.743. The first-order valence-electron chi connectivity index (χ1n) is 8.49. The van der Waals surface area contributed by atoms with E-state index in [2.05, 4.69) is 10.6 Å². The Morgan fingerprint density at radius 1 is 1.25 bits per heavy atom. The van der Waals surface area contributed by atoms with Crippen LogP contribution in [0.3, 0.4) is 0 Å². The monoisotopic (exact) mass is 413 g/mol. The molecule has 2 aromatic rings. The number of rotatable bonds is 3. The molecule has 5 nitrogen and oxygen atoms in total. The maximum absolute atomic E-state index is 13.0. The summed E-state index contributed by atoms with van der Waals surface area (Å²) in [6, 6.07) is 8.06. The third-order valence-electron chi connectivity index (χ3n) is 4.58. The minimum Gasteiger partial charge on any atom is -0.379 e. The molecule has 28 heavy (non-hydrogen) atoms. The Morgan fingerprint density at radius 2 is 2.00 bits per heavy atom. The lowest BCUT2D eigenvalue weighted by molar-refractivity contribution is -0.137. The average Bonchev–Trinajstić information content (AvgIpc) is 2.63. The molecule has 9 heteroatoms. The first kappa shape index (κ1) is 20.3. The Kier molecular flexibility index (Phi) is 5.71. The number of halogens is 4. The summed E-state index contributed by atoms with van der Waals surface area (Å²) in [5, 5.41) is 4.70. The molecule has 1 aliphatic heterocycles. The number of carbonyl (C=O) groups excluding carboxylic acids is 1. The highest BCUT2D eigenvalue weighted by molar-refractivity contribution is 6.31. The third-order valence-corrected chi connectivity index (χ3v) is 4.91. The highest BCUT2D eigenvalue weighted by Crippen LogP contribution is 2.36. The van der Waals surface area contributed by atoms with Crippen LogP contribution in [0.15, 0.2) is 36.4 Å². The first-order valence-corrected chi connectivity index (χ1v) is 8.87. The number of amides is 2. The van der Waals surface area contributed by atoms with E-state index in [1.165, 1.54) is 6.07 Å². The van der Waals surface area contributed by atoms with Crippen molar-refractivity contribution < 1.29 is 22.7 Å². The van der Waals surface area contributed by atoms with E-state index in [4.69, 9.17) is 16.3 Å². The molecule has 150 valence electrons. The number of likely N-dealkylation sites (N-methyl/N-ethyl adjacent to an activating group) is 1. The van der Waals surface area contributed by atoms with E-state index in [9.17, 15) is 18.0 Å². The van der Waals surface area contributed by atoms with Crippen LogP contribution in [0.1, 0.15) is 11.1 Å². The Balaban J connectivity index is 1.79. The molecule has 2 N–H and O–H groups in total. The van der Waals surface area contributed by atoms with Crippen molar-refractivity contribution >= 4 is 34.7 Å². The number of anilines is 3. The van der Waals surface area contributed by atoms with Crippen LogP contribution in [0.5, 0.6) is 0 Å². The molecule has 1 aliphatic rings. The van der Waals surface area contributed by atoms with Gasteiger partial charge in [0.25, 0.3) is 0 Å². The van der Waals surface area contributed by atoms with Crippen LogP contribution in [0, 0.1) is 0 Å². The standard InChI is InChI=1S/C19H19ClF3N3O2/c1-26-10-12(28-2)9-13-16(4-3-5-17(13)26)25-18(27)24-11-6-7-15(20)14(8-11)19(21,22)23/h3-8,12H,9-10H2,1-2H3,(H2,24,25,27). The van der Waals surface area contributed by atoms with Crippen molar-refractivity contribution in [1.82, 2.24) is 0 Å². The van der Waals surface area contributed by atoms with Gasteiger partial charge in [0.1, 0.15) is 0 Å². The second-order valence-electron chi connectivity index (χ2n) is 6.52.